The van der Waals surface area contributed by atoms with Crippen LogP contribution in [0.4, 0.5) is 0 Å². The molecule has 2 N–H and O–H groups in total. The molecule has 3 rings (SSSR count). The van der Waals surface area contributed by atoms with Crippen LogP contribution >= 0.6 is 11.3 Å². The van der Waals surface area contributed by atoms with Crippen molar-refractivity contribution in [2.75, 3.05) is 13.1 Å². The highest BCUT2D eigenvalue weighted by atomic mass is 32.1. The number of likely N-dealkylation sites (tertiary alicyclic amines) is 1. The smallest absolute Gasteiger partial charge is 0.281 e. The van der Waals surface area contributed by atoms with Crippen LogP contribution in [-0.4, -0.2) is 40.7 Å². The quantitative estimate of drug-likeness (QED) is 0.753. The van der Waals surface area contributed by atoms with Gasteiger partial charge in [0, 0.05) is 24.6 Å². The first-order valence-electron chi connectivity index (χ1n) is 9.78. The van der Waals surface area contributed by atoms with E-state index in [0.29, 0.717) is 30.1 Å². The third kappa shape index (κ3) is 5.00. The van der Waals surface area contributed by atoms with Crippen molar-refractivity contribution in [3.63, 3.8) is 0 Å². The van der Waals surface area contributed by atoms with E-state index in [1.54, 1.807) is 11.8 Å². The molecule has 0 spiro atoms. The van der Waals surface area contributed by atoms with E-state index in [2.05, 4.69) is 15.8 Å². The second-order valence-electron chi connectivity index (χ2n) is 7.52. The van der Waals surface area contributed by atoms with Crippen LogP contribution in [0.2, 0.25) is 0 Å². The molecule has 2 aromatic rings. The lowest BCUT2D eigenvalue weighted by molar-refractivity contribution is -0.138. The molecule has 1 aliphatic rings. The summed E-state index contributed by atoms with van der Waals surface area (Å²) in [4.78, 5) is 43.9. The van der Waals surface area contributed by atoms with Gasteiger partial charge in [0.05, 0.1) is 11.6 Å². The zero-order chi connectivity index (χ0) is 21.0. The van der Waals surface area contributed by atoms with Gasteiger partial charge in [0.2, 0.25) is 11.8 Å². The van der Waals surface area contributed by atoms with E-state index < -0.39 is 0 Å². The largest absolute Gasteiger partial charge is 0.342 e. The molecule has 0 radical (unpaired) electrons. The average molecular weight is 415 g/mol. The summed E-state index contributed by atoms with van der Waals surface area (Å²) < 4.78 is 0. The van der Waals surface area contributed by atoms with Crippen LogP contribution in [0.25, 0.3) is 10.6 Å². The molecule has 3 amide bonds. The highest BCUT2D eigenvalue weighted by Gasteiger charge is 2.29. The van der Waals surface area contributed by atoms with Crippen LogP contribution in [0.3, 0.4) is 0 Å². The SMILES string of the molecule is Cc1nc(-c2ccccc2)sc1C(=O)NNC(=O)C1CCCN(C(=O)C(C)C)C1. The van der Waals surface area contributed by atoms with E-state index in [4.69, 9.17) is 0 Å². The van der Waals surface area contributed by atoms with Gasteiger partial charge in [-0.15, -0.1) is 11.3 Å². The lowest BCUT2D eigenvalue weighted by Gasteiger charge is -2.33. The molecule has 1 aromatic heterocycles. The average Bonchev–Trinajstić information content (AvgIpc) is 3.13. The summed E-state index contributed by atoms with van der Waals surface area (Å²) in [6.07, 6.45) is 1.47. The Kier molecular flexibility index (Phi) is 6.64. The molecule has 0 aliphatic carbocycles. The maximum absolute atomic E-state index is 12.5. The molecular weight excluding hydrogens is 388 g/mol. The summed E-state index contributed by atoms with van der Waals surface area (Å²) in [5, 5.41) is 0.759. The number of amides is 3. The Morgan fingerprint density at radius 1 is 1.17 bits per heavy atom. The monoisotopic (exact) mass is 414 g/mol. The van der Waals surface area contributed by atoms with Crippen LogP contribution in [0.5, 0.6) is 0 Å². The second kappa shape index (κ2) is 9.17. The van der Waals surface area contributed by atoms with E-state index >= 15 is 0 Å². The first-order chi connectivity index (χ1) is 13.9. The molecule has 1 atom stereocenters. The minimum Gasteiger partial charge on any atom is -0.342 e. The lowest BCUT2D eigenvalue weighted by atomic mass is 9.96. The summed E-state index contributed by atoms with van der Waals surface area (Å²) in [5.74, 6) is -1.02. The molecule has 1 unspecified atom stereocenters. The van der Waals surface area contributed by atoms with Crippen LogP contribution in [-0.2, 0) is 9.59 Å². The molecule has 1 aliphatic heterocycles. The fraction of sp³-hybridized carbons (Fsp3) is 0.429. The molecule has 29 heavy (non-hydrogen) atoms. The van der Waals surface area contributed by atoms with Crippen molar-refractivity contribution in [1.29, 1.82) is 0 Å². The van der Waals surface area contributed by atoms with E-state index in [0.717, 1.165) is 17.0 Å². The molecule has 1 fully saturated rings. The number of benzene rings is 1. The molecule has 1 aromatic carbocycles. The van der Waals surface area contributed by atoms with Crippen LogP contribution < -0.4 is 10.9 Å². The topological polar surface area (TPSA) is 91.4 Å². The van der Waals surface area contributed by atoms with Gasteiger partial charge in [-0.05, 0) is 19.8 Å². The van der Waals surface area contributed by atoms with Crippen molar-refractivity contribution < 1.29 is 14.4 Å². The predicted octanol–water partition coefficient (Wildman–Crippen LogP) is 2.77. The Hall–Kier alpha value is -2.74. The molecule has 8 heteroatoms. The van der Waals surface area contributed by atoms with E-state index in [1.807, 2.05) is 44.2 Å². The number of carbonyl (C=O) groups is 3. The van der Waals surface area contributed by atoms with Gasteiger partial charge in [-0.25, -0.2) is 4.98 Å². The van der Waals surface area contributed by atoms with Crippen LogP contribution in [0, 0.1) is 18.8 Å². The highest BCUT2D eigenvalue weighted by molar-refractivity contribution is 7.17. The number of rotatable bonds is 4. The standard InChI is InChI=1S/C21H26N4O3S/c1-13(2)21(28)25-11-7-10-16(12-25)18(26)23-24-19(27)17-14(3)22-20(29-17)15-8-5-4-6-9-15/h4-6,8-9,13,16H,7,10-12H2,1-3H3,(H,23,26)(H,24,27). The van der Waals surface area contributed by atoms with Crippen molar-refractivity contribution in [3.05, 3.63) is 40.9 Å². The molecule has 154 valence electrons. The van der Waals surface area contributed by atoms with Crippen molar-refractivity contribution in [3.8, 4) is 10.6 Å². The molecule has 2 heterocycles. The minimum atomic E-state index is -0.388. The summed E-state index contributed by atoms with van der Waals surface area (Å²) in [6, 6.07) is 9.64. The number of aryl methyl sites for hydroxylation is 1. The predicted molar refractivity (Wildman–Crippen MR) is 112 cm³/mol. The number of nitrogens with one attached hydrogen (secondary N) is 2. The summed E-state index contributed by atoms with van der Waals surface area (Å²) >= 11 is 1.29. The lowest BCUT2D eigenvalue weighted by Crippen LogP contribution is -2.50. The number of piperidine rings is 1. The summed E-state index contributed by atoms with van der Waals surface area (Å²) in [7, 11) is 0. The Labute approximate surface area is 174 Å². The fourth-order valence-corrected chi connectivity index (χ4v) is 4.31. The normalized spacial score (nSPS) is 16.6. The van der Waals surface area contributed by atoms with Crippen LogP contribution in [0.1, 0.15) is 42.1 Å². The maximum Gasteiger partial charge on any atom is 0.281 e. The fourth-order valence-electron chi connectivity index (χ4n) is 3.34. The number of aromatic nitrogens is 1. The third-order valence-electron chi connectivity index (χ3n) is 4.92. The van der Waals surface area contributed by atoms with E-state index in [9.17, 15) is 14.4 Å². The van der Waals surface area contributed by atoms with E-state index in [1.165, 1.54) is 11.3 Å². The summed E-state index contributed by atoms with van der Waals surface area (Å²) in [6.45, 7) is 6.54. The first-order valence-corrected chi connectivity index (χ1v) is 10.6. The first kappa shape index (κ1) is 21.0. The number of hydrazine groups is 1. The number of nitrogens with zero attached hydrogens (tertiary/aromatic N) is 2. The molecule has 7 nitrogen and oxygen atoms in total. The second-order valence-corrected chi connectivity index (χ2v) is 8.52. The van der Waals surface area contributed by atoms with Gasteiger partial charge in [0.15, 0.2) is 0 Å². The Morgan fingerprint density at radius 3 is 2.59 bits per heavy atom. The van der Waals surface area contributed by atoms with Crippen LogP contribution in [0.15, 0.2) is 30.3 Å². The number of thiazole rings is 1. The van der Waals surface area contributed by atoms with Gasteiger partial charge >= 0.3 is 0 Å². The zero-order valence-electron chi connectivity index (χ0n) is 16.9. The number of hydrogen-bond donors (Lipinski definition) is 2. The van der Waals surface area contributed by atoms with Gasteiger partial charge in [0.1, 0.15) is 9.88 Å². The van der Waals surface area contributed by atoms with Crippen molar-refractivity contribution in [2.45, 2.75) is 33.6 Å². The van der Waals surface area contributed by atoms with Crippen molar-refractivity contribution >= 4 is 29.1 Å². The van der Waals surface area contributed by atoms with Gasteiger partial charge in [0.25, 0.3) is 5.91 Å². The van der Waals surface area contributed by atoms with Gasteiger partial charge < -0.3 is 4.90 Å². The molecular formula is C21H26N4O3S. The van der Waals surface area contributed by atoms with Gasteiger partial charge in [-0.3, -0.25) is 25.2 Å². The number of hydrogen-bond acceptors (Lipinski definition) is 5. The number of carbonyl (C=O) groups excluding carboxylic acids is 3. The minimum absolute atomic E-state index is 0.0558. The van der Waals surface area contributed by atoms with Gasteiger partial charge in [-0.1, -0.05) is 44.2 Å². The maximum atomic E-state index is 12.5. The van der Waals surface area contributed by atoms with Gasteiger partial charge in [-0.2, -0.15) is 0 Å². The Morgan fingerprint density at radius 2 is 1.90 bits per heavy atom. The zero-order valence-corrected chi connectivity index (χ0v) is 17.7. The molecule has 1 saturated heterocycles. The van der Waals surface area contributed by atoms with Crippen molar-refractivity contribution in [1.82, 2.24) is 20.7 Å². The Balaban J connectivity index is 1.58. The van der Waals surface area contributed by atoms with Crippen molar-refractivity contribution in [2.24, 2.45) is 11.8 Å². The molecule has 0 saturated carbocycles. The highest BCUT2D eigenvalue weighted by Crippen LogP contribution is 2.27. The third-order valence-corrected chi connectivity index (χ3v) is 6.13. The Bertz CT molecular complexity index is 895. The summed E-state index contributed by atoms with van der Waals surface area (Å²) in [5.41, 5.74) is 6.58. The molecule has 0 bridgehead atoms. The van der Waals surface area contributed by atoms with E-state index in [-0.39, 0.29) is 29.6 Å².